The lowest BCUT2D eigenvalue weighted by molar-refractivity contribution is -0.125. The number of likely N-dealkylation sites (N-methyl/N-ethyl adjacent to an activating group) is 1. The highest BCUT2D eigenvalue weighted by Gasteiger charge is 2.43. The van der Waals surface area contributed by atoms with Gasteiger partial charge in [-0.2, -0.15) is 5.10 Å². The summed E-state index contributed by atoms with van der Waals surface area (Å²) in [5.74, 6) is -0.816. The zero-order valence-corrected chi connectivity index (χ0v) is 25.0. The predicted molar refractivity (Wildman–Crippen MR) is 154 cm³/mol. The zero-order valence-electron chi connectivity index (χ0n) is 23.5. The van der Waals surface area contributed by atoms with E-state index in [0.29, 0.717) is 45.2 Å². The van der Waals surface area contributed by atoms with Crippen molar-refractivity contribution < 1.29 is 19.5 Å². The van der Waals surface area contributed by atoms with Gasteiger partial charge in [0.15, 0.2) is 0 Å². The van der Waals surface area contributed by atoms with E-state index in [4.69, 9.17) is 28.3 Å². The second kappa shape index (κ2) is 10.7. The molecule has 3 aromatic rings. The molecule has 4 heterocycles. The monoisotopic (exact) mass is 598 g/mol. The summed E-state index contributed by atoms with van der Waals surface area (Å²) in [6.07, 6.45) is 2.02. The number of carbonyl (C=O) groups is 3. The van der Waals surface area contributed by atoms with Gasteiger partial charge in [0.05, 0.1) is 46.2 Å². The highest BCUT2D eigenvalue weighted by molar-refractivity contribution is 6.42. The third-order valence-electron chi connectivity index (χ3n) is 7.93. The molecule has 1 aromatic carbocycles. The van der Waals surface area contributed by atoms with Crippen LogP contribution >= 0.6 is 23.2 Å². The molecule has 216 valence electrons. The third kappa shape index (κ3) is 5.20. The minimum Gasteiger partial charge on any atom is -0.386 e. The van der Waals surface area contributed by atoms with E-state index in [1.807, 2.05) is 13.8 Å². The summed E-state index contributed by atoms with van der Waals surface area (Å²) < 4.78 is 1.51. The summed E-state index contributed by atoms with van der Waals surface area (Å²) in [6.45, 7) is 7.38. The highest BCUT2D eigenvalue weighted by atomic mass is 35.5. The second-order valence-corrected chi connectivity index (χ2v) is 11.9. The SMILES string of the molecule is CNC(=O)[C@@H]1CN(C(C)c2ccc(C(C)(C)O)cn2)C(=O)c2c3c(nn21)C[C@@H](C)N(C(=O)c1ccc(Cl)c(Cl)c1)C3. The Morgan fingerprint density at radius 1 is 1.17 bits per heavy atom. The molecule has 2 aliphatic rings. The van der Waals surface area contributed by atoms with Crippen LogP contribution in [0.4, 0.5) is 0 Å². The smallest absolute Gasteiger partial charge is 0.273 e. The van der Waals surface area contributed by atoms with Gasteiger partial charge in [-0.3, -0.25) is 19.4 Å². The lowest BCUT2D eigenvalue weighted by Crippen LogP contribution is -2.49. The first-order chi connectivity index (χ1) is 19.3. The molecule has 3 atom stereocenters. The average Bonchev–Trinajstić information content (AvgIpc) is 3.31. The molecule has 0 saturated heterocycles. The number of hydrogen-bond acceptors (Lipinski definition) is 6. The van der Waals surface area contributed by atoms with Crippen LogP contribution in [0.5, 0.6) is 0 Å². The Balaban J connectivity index is 1.52. The number of halogens is 2. The van der Waals surface area contributed by atoms with Crippen molar-refractivity contribution in [3.8, 4) is 0 Å². The molecule has 0 radical (unpaired) electrons. The zero-order chi connectivity index (χ0) is 29.8. The van der Waals surface area contributed by atoms with E-state index >= 15 is 0 Å². The first-order valence-electron chi connectivity index (χ1n) is 13.4. The van der Waals surface area contributed by atoms with Crippen molar-refractivity contribution in [2.45, 2.75) is 64.4 Å². The van der Waals surface area contributed by atoms with Gasteiger partial charge in [-0.1, -0.05) is 29.3 Å². The number of amides is 3. The number of fused-ring (bicyclic) bond motifs is 3. The van der Waals surface area contributed by atoms with Gasteiger partial charge in [-0.15, -0.1) is 0 Å². The Bertz CT molecular complexity index is 1530. The summed E-state index contributed by atoms with van der Waals surface area (Å²) in [5, 5.41) is 18.4. The minimum atomic E-state index is -1.05. The summed E-state index contributed by atoms with van der Waals surface area (Å²) in [4.78, 5) is 48.5. The van der Waals surface area contributed by atoms with Gasteiger partial charge >= 0.3 is 0 Å². The number of nitrogens with zero attached hydrogens (tertiary/aromatic N) is 5. The lowest BCUT2D eigenvalue weighted by Gasteiger charge is -2.37. The second-order valence-electron chi connectivity index (χ2n) is 11.1. The molecule has 0 spiro atoms. The van der Waals surface area contributed by atoms with Gasteiger partial charge in [0.25, 0.3) is 11.8 Å². The van der Waals surface area contributed by atoms with Crippen LogP contribution in [-0.2, 0) is 23.4 Å². The maximum atomic E-state index is 14.1. The number of aliphatic hydroxyl groups is 1. The van der Waals surface area contributed by atoms with Crippen LogP contribution in [0.15, 0.2) is 36.5 Å². The number of aromatic nitrogens is 3. The molecule has 41 heavy (non-hydrogen) atoms. The Labute approximate surface area is 248 Å². The van der Waals surface area contributed by atoms with E-state index in [2.05, 4.69) is 10.3 Å². The maximum Gasteiger partial charge on any atom is 0.273 e. The molecular formula is C29H32Cl2N6O4. The summed E-state index contributed by atoms with van der Waals surface area (Å²) >= 11 is 12.2. The van der Waals surface area contributed by atoms with Gasteiger partial charge in [0.2, 0.25) is 5.91 Å². The van der Waals surface area contributed by atoms with Gasteiger partial charge in [0, 0.05) is 42.4 Å². The average molecular weight is 600 g/mol. The number of benzene rings is 1. The van der Waals surface area contributed by atoms with Crippen LogP contribution < -0.4 is 5.32 Å². The van der Waals surface area contributed by atoms with Gasteiger partial charge < -0.3 is 20.2 Å². The van der Waals surface area contributed by atoms with Gasteiger partial charge in [-0.05, 0) is 52.0 Å². The standard InChI is InChI=1S/C29H32Cl2N6O4/c1-15-10-23-19(13-35(15)27(39)17-6-8-20(30)21(31)11-17)25-28(40)36(14-24(26(38)32-5)37(25)34-23)16(2)22-9-7-18(12-33-22)29(3,4)41/h6-9,11-12,15-16,24,41H,10,13-14H2,1-5H3,(H,32,38)/t15-,16?,24+/m1/s1. The van der Waals surface area contributed by atoms with Gasteiger partial charge in [-0.25, -0.2) is 4.68 Å². The summed E-state index contributed by atoms with van der Waals surface area (Å²) in [7, 11) is 1.55. The van der Waals surface area contributed by atoms with E-state index in [-0.39, 0.29) is 41.9 Å². The molecule has 12 heteroatoms. The van der Waals surface area contributed by atoms with Crippen molar-refractivity contribution in [2.75, 3.05) is 13.6 Å². The quantitative estimate of drug-likeness (QED) is 0.459. The fraction of sp³-hybridized carbons (Fsp3) is 0.414. The van der Waals surface area contributed by atoms with Crippen molar-refractivity contribution in [3.63, 3.8) is 0 Å². The van der Waals surface area contributed by atoms with Gasteiger partial charge in [0.1, 0.15) is 11.7 Å². The van der Waals surface area contributed by atoms with Crippen molar-refractivity contribution in [1.29, 1.82) is 0 Å². The third-order valence-corrected chi connectivity index (χ3v) is 8.67. The first kappa shape index (κ1) is 29.0. The molecule has 0 bridgehead atoms. The molecule has 2 N–H and O–H groups in total. The molecule has 0 aliphatic carbocycles. The number of rotatable bonds is 5. The van der Waals surface area contributed by atoms with Crippen molar-refractivity contribution in [1.82, 2.24) is 29.9 Å². The van der Waals surface area contributed by atoms with Crippen LogP contribution in [0.2, 0.25) is 10.0 Å². The van der Waals surface area contributed by atoms with Crippen LogP contribution in [0.25, 0.3) is 0 Å². The molecule has 3 amide bonds. The molecule has 0 saturated carbocycles. The minimum absolute atomic E-state index is 0.101. The van der Waals surface area contributed by atoms with E-state index in [0.717, 1.165) is 0 Å². The van der Waals surface area contributed by atoms with Crippen LogP contribution in [0.1, 0.15) is 83.1 Å². The molecule has 5 rings (SSSR count). The van der Waals surface area contributed by atoms with Crippen LogP contribution in [0, 0.1) is 0 Å². The molecule has 1 unspecified atom stereocenters. The van der Waals surface area contributed by atoms with Crippen molar-refractivity contribution >= 4 is 40.9 Å². The highest BCUT2D eigenvalue weighted by Crippen LogP contribution is 2.36. The van der Waals surface area contributed by atoms with E-state index in [1.54, 1.807) is 61.2 Å². The van der Waals surface area contributed by atoms with Crippen LogP contribution in [-0.4, -0.2) is 67.0 Å². The number of hydrogen-bond donors (Lipinski definition) is 2. The Morgan fingerprint density at radius 3 is 2.51 bits per heavy atom. The lowest BCUT2D eigenvalue weighted by atomic mass is 9.96. The Morgan fingerprint density at radius 2 is 1.90 bits per heavy atom. The van der Waals surface area contributed by atoms with Crippen molar-refractivity contribution in [2.24, 2.45) is 0 Å². The largest absolute Gasteiger partial charge is 0.386 e. The van der Waals surface area contributed by atoms with Crippen LogP contribution in [0.3, 0.4) is 0 Å². The summed E-state index contributed by atoms with van der Waals surface area (Å²) in [6, 6.07) is 6.87. The number of nitrogens with one attached hydrogen (secondary N) is 1. The fourth-order valence-corrected chi connectivity index (χ4v) is 5.73. The maximum absolute atomic E-state index is 14.1. The topological polar surface area (TPSA) is 121 Å². The predicted octanol–water partition coefficient (Wildman–Crippen LogP) is 3.90. The van der Waals surface area contributed by atoms with Crippen molar-refractivity contribution in [3.05, 3.63) is 80.3 Å². The molecule has 2 aliphatic heterocycles. The normalized spacial score (nSPS) is 19.5. The summed E-state index contributed by atoms with van der Waals surface area (Å²) in [5.41, 5.74) is 2.21. The Hall–Kier alpha value is -3.47. The number of pyridine rings is 1. The first-order valence-corrected chi connectivity index (χ1v) is 14.1. The molecular weight excluding hydrogens is 567 g/mol. The molecule has 10 nitrogen and oxygen atoms in total. The fourth-order valence-electron chi connectivity index (χ4n) is 5.43. The van der Waals surface area contributed by atoms with E-state index in [1.165, 1.54) is 10.7 Å². The number of carbonyl (C=O) groups excluding carboxylic acids is 3. The molecule has 0 fully saturated rings. The van der Waals surface area contributed by atoms with E-state index < -0.39 is 17.7 Å². The molecule has 2 aromatic heterocycles. The Kier molecular flexibility index (Phi) is 7.61. The van der Waals surface area contributed by atoms with E-state index in [9.17, 15) is 19.5 Å².